The summed E-state index contributed by atoms with van der Waals surface area (Å²) in [6.45, 7) is 1.27. The maximum absolute atomic E-state index is 10.9. The lowest BCUT2D eigenvalue weighted by Crippen LogP contribution is -2.28. The van der Waals surface area contributed by atoms with Gasteiger partial charge in [0.25, 0.3) is 5.91 Å². The molecule has 0 fully saturated rings. The molecule has 0 atom stereocenters. The molecule has 1 rings (SSSR count). The van der Waals surface area contributed by atoms with Gasteiger partial charge in [-0.25, -0.2) is 0 Å². The lowest BCUT2D eigenvalue weighted by atomic mass is 10.3. The Morgan fingerprint density at radius 3 is 2.50 bits per heavy atom. The number of aliphatic imine (C=N–C) groups is 1. The van der Waals surface area contributed by atoms with E-state index >= 15 is 0 Å². The van der Waals surface area contributed by atoms with Crippen LogP contribution in [-0.2, 0) is 9.59 Å². The van der Waals surface area contributed by atoms with Gasteiger partial charge in [-0.2, -0.15) is 0 Å². The number of hydrogen-bond donors (Lipinski definition) is 1. The Kier molecular flexibility index (Phi) is 3.55. The van der Waals surface area contributed by atoms with E-state index in [0.29, 0.717) is 5.69 Å². The molecule has 0 bridgehead atoms. The monoisotopic (exact) mass is 190 g/mol. The number of carbonyl (C=O) groups is 2. The molecule has 0 saturated heterocycles. The van der Waals surface area contributed by atoms with Crippen molar-refractivity contribution in [3.63, 3.8) is 0 Å². The topological polar surface area (TPSA) is 58.5 Å². The Labute approximate surface area is 81.7 Å². The molecular weight excluding hydrogens is 180 g/mol. The second-order valence-corrected chi connectivity index (χ2v) is 2.64. The van der Waals surface area contributed by atoms with Crippen molar-refractivity contribution in [3.8, 4) is 0 Å². The van der Waals surface area contributed by atoms with Gasteiger partial charge >= 0.3 is 0 Å². The van der Waals surface area contributed by atoms with Crippen LogP contribution in [0.3, 0.4) is 0 Å². The van der Waals surface area contributed by atoms with Crippen molar-refractivity contribution < 1.29 is 9.59 Å². The average molecular weight is 190 g/mol. The first-order valence-electron chi connectivity index (χ1n) is 4.09. The minimum atomic E-state index is -0.513. The summed E-state index contributed by atoms with van der Waals surface area (Å²) in [5.74, 6) is -0.907. The van der Waals surface area contributed by atoms with E-state index in [0.717, 1.165) is 6.21 Å². The zero-order valence-corrected chi connectivity index (χ0v) is 7.73. The quantitative estimate of drug-likeness (QED) is 0.708. The summed E-state index contributed by atoms with van der Waals surface area (Å²) in [6.07, 6.45) is 1.08. The average Bonchev–Trinajstić information content (AvgIpc) is 2.15. The van der Waals surface area contributed by atoms with E-state index in [1.54, 1.807) is 12.1 Å². The summed E-state index contributed by atoms with van der Waals surface area (Å²) in [7, 11) is 0. The van der Waals surface area contributed by atoms with Crippen LogP contribution in [0.2, 0.25) is 0 Å². The lowest BCUT2D eigenvalue weighted by molar-refractivity contribution is -0.125. The Bertz CT molecular complexity index is 358. The molecule has 0 heterocycles. The van der Waals surface area contributed by atoms with Crippen molar-refractivity contribution in [2.24, 2.45) is 4.99 Å². The molecule has 2 amide bonds. The number of nitrogens with one attached hydrogen (secondary N) is 1. The maximum Gasteiger partial charge on any atom is 0.268 e. The molecule has 0 aliphatic heterocycles. The highest BCUT2D eigenvalue weighted by atomic mass is 16.2. The molecule has 0 saturated carbocycles. The van der Waals surface area contributed by atoms with Gasteiger partial charge in [0.1, 0.15) is 0 Å². The van der Waals surface area contributed by atoms with Crippen molar-refractivity contribution in [3.05, 3.63) is 30.3 Å². The lowest BCUT2D eigenvalue weighted by Gasteiger charge is -1.93. The first kappa shape index (κ1) is 10.1. The SMILES string of the molecule is CC(=O)NC(=O)C=Nc1ccccc1. The third kappa shape index (κ3) is 3.62. The third-order valence-corrected chi connectivity index (χ3v) is 1.39. The second kappa shape index (κ2) is 4.91. The van der Waals surface area contributed by atoms with E-state index in [4.69, 9.17) is 0 Å². The summed E-state index contributed by atoms with van der Waals surface area (Å²) in [5, 5.41) is 2.09. The Morgan fingerprint density at radius 1 is 1.29 bits per heavy atom. The fourth-order valence-electron chi connectivity index (χ4n) is 0.853. The first-order chi connectivity index (χ1) is 6.68. The Hall–Kier alpha value is -1.97. The molecule has 0 spiro atoms. The molecule has 72 valence electrons. The number of rotatable bonds is 2. The predicted octanol–water partition coefficient (Wildman–Crippen LogP) is 1.05. The number of imide groups is 1. The molecule has 1 N–H and O–H groups in total. The van der Waals surface area contributed by atoms with Crippen molar-refractivity contribution in [1.82, 2.24) is 5.32 Å². The van der Waals surface area contributed by atoms with Crippen molar-refractivity contribution in [1.29, 1.82) is 0 Å². The second-order valence-electron chi connectivity index (χ2n) is 2.64. The Balaban J connectivity index is 2.56. The normalized spacial score (nSPS) is 10.1. The number of para-hydroxylation sites is 1. The van der Waals surface area contributed by atoms with Crippen LogP contribution in [0.15, 0.2) is 35.3 Å². The van der Waals surface area contributed by atoms with Crippen LogP contribution >= 0.6 is 0 Å². The molecule has 0 aliphatic carbocycles. The van der Waals surface area contributed by atoms with Crippen LogP contribution < -0.4 is 5.32 Å². The highest BCUT2D eigenvalue weighted by Crippen LogP contribution is 2.07. The molecule has 4 heteroatoms. The van der Waals surface area contributed by atoms with Crippen LogP contribution in [0.5, 0.6) is 0 Å². The summed E-state index contributed by atoms with van der Waals surface area (Å²) < 4.78 is 0. The number of hydrogen-bond acceptors (Lipinski definition) is 3. The molecule has 0 unspecified atom stereocenters. The van der Waals surface area contributed by atoms with E-state index in [1.165, 1.54) is 6.92 Å². The van der Waals surface area contributed by atoms with Gasteiger partial charge in [0.05, 0.1) is 11.9 Å². The number of nitrogens with zero attached hydrogens (tertiary/aromatic N) is 1. The van der Waals surface area contributed by atoms with Gasteiger partial charge in [-0.05, 0) is 12.1 Å². The zero-order valence-electron chi connectivity index (χ0n) is 7.73. The van der Waals surface area contributed by atoms with Gasteiger partial charge in [0.2, 0.25) is 5.91 Å². The van der Waals surface area contributed by atoms with E-state index in [9.17, 15) is 9.59 Å². The van der Waals surface area contributed by atoms with E-state index < -0.39 is 11.8 Å². The van der Waals surface area contributed by atoms with Gasteiger partial charge in [-0.15, -0.1) is 0 Å². The van der Waals surface area contributed by atoms with Crippen LogP contribution in [0.4, 0.5) is 5.69 Å². The molecule has 1 aromatic rings. The molecule has 14 heavy (non-hydrogen) atoms. The third-order valence-electron chi connectivity index (χ3n) is 1.39. The predicted molar refractivity (Wildman–Crippen MR) is 53.4 cm³/mol. The largest absolute Gasteiger partial charge is 0.292 e. The number of benzene rings is 1. The van der Waals surface area contributed by atoms with Crippen LogP contribution in [0.1, 0.15) is 6.92 Å². The minimum absolute atomic E-state index is 0.394. The van der Waals surface area contributed by atoms with E-state index in [-0.39, 0.29) is 0 Å². The van der Waals surface area contributed by atoms with Crippen LogP contribution in [0.25, 0.3) is 0 Å². The number of amides is 2. The van der Waals surface area contributed by atoms with Crippen LogP contribution in [0, 0.1) is 0 Å². The van der Waals surface area contributed by atoms with Gasteiger partial charge < -0.3 is 0 Å². The summed E-state index contributed by atoms with van der Waals surface area (Å²) in [5.41, 5.74) is 0.672. The maximum atomic E-state index is 10.9. The van der Waals surface area contributed by atoms with E-state index in [2.05, 4.69) is 10.3 Å². The van der Waals surface area contributed by atoms with Crippen molar-refractivity contribution >= 4 is 23.7 Å². The van der Waals surface area contributed by atoms with Gasteiger partial charge in [0, 0.05) is 6.92 Å². The van der Waals surface area contributed by atoms with Gasteiger partial charge in [-0.1, -0.05) is 18.2 Å². The first-order valence-corrected chi connectivity index (χ1v) is 4.09. The standard InChI is InChI=1S/C10H10N2O2/c1-8(13)12-10(14)7-11-9-5-3-2-4-6-9/h2-7H,1H3,(H,12,13,14). The molecular formula is C10H10N2O2. The minimum Gasteiger partial charge on any atom is -0.292 e. The van der Waals surface area contributed by atoms with Gasteiger partial charge in [-0.3, -0.25) is 19.9 Å². The van der Waals surface area contributed by atoms with Gasteiger partial charge in [0.15, 0.2) is 0 Å². The van der Waals surface area contributed by atoms with Crippen molar-refractivity contribution in [2.75, 3.05) is 0 Å². The highest BCUT2D eigenvalue weighted by Gasteiger charge is 1.97. The fraction of sp³-hybridized carbons (Fsp3) is 0.100. The molecule has 4 nitrogen and oxygen atoms in total. The number of carbonyl (C=O) groups excluding carboxylic acids is 2. The smallest absolute Gasteiger partial charge is 0.268 e. The van der Waals surface area contributed by atoms with E-state index in [1.807, 2.05) is 18.2 Å². The molecule has 0 radical (unpaired) electrons. The molecule has 0 aromatic heterocycles. The Morgan fingerprint density at radius 2 is 1.93 bits per heavy atom. The summed E-state index contributed by atoms with van der Waals surface area (Å²) in [4.78, 5) is 25.3. The van der Waals surface area contributed by atoms with Crippen molar-refractivity contribution in [2.45, 2.75) is 6.92 Å². The molecule has 0 aliphatic rings. The summed E-state index contributed by atoms with van der Waals surface area (Å²) in [6, 6.07) is 9.01. The summed E-state index contributed by atoms with van der Waals surface area (Å²) >= 11 is 0. The zero-order chi connectivity index (χ0) is 10.4. The fourth-order valence-corrected chi connectivity index (χ4v) is 0.853. The highest BCUT2D eigenvalue weighted by molar-refractivity contribution is 6.30. The van der Waals surface area contributed by atoms with Crippen LogP contribution in [-0.4, -0.2) is 18.0 Å². The molecule has 1 aromatic carbocycles.